The van der Waals surface area contributed by atoms with E-state index in [4.69, 9.17) is 0 Å². The second-order valence-electron chi connectivity index (χ2n) is 5.47. The first kappa shape index (κ1) is 16.2. The van der Waals surface area contributed by atoms with E-state index in [0.717, 1.165) is 21.3 Å². The van der Waals surface area contributed by atoms with Gasteiger partial charge < -0.3 is 4.90 Å². The second-order valence-corrected chi connectivity index (χ2v) is 7.50. The molecule has 1 aliphatic heterocycles. The number of anilines is 1. The van der Waals surface area contributed by atoms with E-state index in [1.54, 1.807) is 23.5 Å². The number of benzene rings is 2. The molecule has 1 heterocycles. The van der Waals surface area contributed by atoms with E-state index in [9.17, 15) is 4.79 Å². The second kappa shape index (κ2) is 7.28. The number of thioether (sulfide) groups is 2. The number of Topliss-reactive ketones (excluding diaryl/α,β-unsaturated/α-hetero) is 1. The predicted molar refractivity (Wildman–Crippen MR) is 102 cm³/mol. The molecule has 0 aliphatic carbocycles. The molecule has 2 aromatic rings. The van der Waals surface area contributed by atoms with Crippen molar-refractivity contribution < 1.29 is 4.79 Å². The zero-order valence-corrected chi connectivity index (χ0v) is 14.9. The Morgan fingerprint density at radius 1 is 1.09 bits per heavy atom. The number of ketones is 1. The van der Waals surface area contributed by atoms with Crippen molar-refractivity contribution in [3.05, 3.63) is 75.5 Å². The Hall–Kier alpha value is -1.65. The van der Waals surface area contributed by atoms with Crippen LogP contribution in [0.15, 0.2) is 64.4 Å². The van der Waals surface area contributed by atoms with Crippen LogP contribution in [0.25, 0.3) is 0 Å². The fourth-order valence-corrected chi connectivity index (χ4v) is 4.43. The summed E-state index contributed by atoms with van der Waals surface area (Å²) in [7, 11) is 0. The Kier molecular flexibility index (Phi) is 5.13. The molecule has 3 rings (SSSR count). The summed E-state index contributed by atoms with van der Waals surface area (Å²) in [5.74, 6) is 1.02. The summed E-state index contributed by atoms with van der Waals surface area (Å²) in [6.45, 7) is 2.75. The molecule has 1 aliphatic rings. The van der Waals surface area contributed by atoms with Gasteiger partial charge in [0.15, 0.2) is 5.78 Å². The SMILES string of the molecule is CSC1=C(C(=O)c2ccccc2)CN(c2ccc(C)cc2)CS1. The van der Waals surface area contributed by atoms with Crippen molar-refractivity contribution >= 4 is 35.0 Å². The maximum atomic E-state index is 12.9. The molecule has 118 valence electrons. The first-order valence-corrected chi connectivity index (χ1v) is 9.71. The summed E-state index contributed by atoms with van der Waals surface area (Å²) in [4.78, 5) is 15.2. The molecule has 0 saturated heterocycles. The molecule has 0 bridgehead atoms. The average molecular weight is 342 g/mol. The summed E-state index contributed by atoms with van der Waals surface area (Å²) in [5, 5.41) is 0. The smallest absolute Gasteiger partial charge is 0.192 e. The third-order valence-electron chi connectivity index (χ3n) is 3.84. The molecule has 4 heteroatoms. The highest BCUT2D eigenvalue weighted by molar-refractivity contribution is 8.22. The summed E-state index contributed by atoms with van der Waals surface area (Å²) in [6, 6.07) is 18.1. The molecule has 0 saturated carbocycles. The van der Waals surface area contributed by atoms with Crippen LogP contribution in [0, 0.1) is 6.92 Å². The molecule has 0 aromatic heterocycles. The van der Waals surface area contributed by atoms with Gasteiger partial charge in [-0.1, -0.05) is 59.8 Å². The lowest BCUT2D eigenvalue weighted by Crippen LogP contribution is -2.31. The number of hydrogen-bond acceptors (Lipinski definition) is 4. The third-order valence-corrected chi connectivity index (χ3v) is 6.26. The maximum Gasteiger partial charge on any atom is 0.192 e. The minimum Gasteiger partial charge on any atom is -0.357 e. The number of carbonyl (C=O) groups excluding carboxylic acids is 1. The van der Waals surface area contributed by atoms with Crippen LogP contribution < -0.4 is 4.90 Å². The van der Waals surface area contributed by atoms with Crippen LogP contribution in [-0.4, -0.2) is 24.5 Å². The maximum absolute atomic E-state index is 12.9. The summed E-state index contributed by atoms with van der Waals surface area (Å²) < 4.78 is 1.14. The zero-order chi connectivity index (χ0) is 16.2. The Labute approximate surface area is 146 Å². The number of rotatable bonds is 4. The highest BCUT2D eigenvalue weighted by Crippen LogP contribution is 2.37. The van der Waals surface area contributed by atoms with Crippen LogP contribution in [0.4, 0.5) is 5.69 Å². The Balaban J connectivity index is 1.88. The molecule has 0 unspecified atom stereocenters. The molecule has 0 fully saturated rings. The fraction of sp³-hybridized carbons (Fsp3) is 0.211. The Morgan fingerprint density at radius 3 is 2.43 bits per heavy atom. The van der Waals surface area contributed by atoms with Gasteiger partial charge in [-0.05, 0) is 25.3 Å². The molecular weight excluding hydrogens is 322 g/mol. The van der Waals surface area contributed by atoms with Gasteiger partial charge in [0.25, 0.3) is 0 Å². The van der Waals surface area contributed by atoms with Gasteiger partial charge in [0.05, 0.1) is 10.1 Å². The van der Waals surface area contributed by atoms with Crippen molar-refractivity contribution in [2.75, 3.05) is 23.6 Å². The predicted octanol–water partition coefficient (Wildman–Crippen LogP) is 4.96. The van der Waals surface area contributed by atoms with E-state index >= 15 is 0 Å². The molecule has 0 N–H and O–H groups in total. The highest BCUT2D eigenvalue weighted by Gasteiger charge is 2.25. The summed E-state index contributed by atoms with van der Waals surface area (Å²) in [5.41, 5.74) is 4.09. The van der Waals surface area contributed by atoms with Gasteiger partial charge >= 0.3 is 0 Å². The zero-order valence-electron chi connectivity index (χ0n) is 13.3. The number of nitrogens with zero attached hydrogens (tertiary/aromatic N) is 1. The van der Waals surface area contributed by atoms with Gasteiger partial charge in [0.1, 0.15) is 0 Å². The van der Waals surface area contributed by atoms with Crippen LogP contribution >= 0.6 is 23.5 Å². The molecule has 2 nitrogen and oxygen atoms in total. The first-order valence-electron chi connectivity index (χ1n) is 7.50. The average Bonchev–Trinajstić information content (AvgIpc) is 2.62. The van der Waals surface area contributed by atoms with E-state index in [-0.39, 0.29) is 5.78 Å². The van der Waals surface area contributed by atoms with Crippen LogP contribution in [0.1, 0.15) is 15.9 Å². The lowest BCUT2D eigenvalue weighted by molar-refractivity contribution is 0.103. The van der Waals surface area contributed by atoms with Crippen LogP contribution in [-0.2, 0) is 0 Å². The number of aryl methyl sites for hydroxylation is 1. The standard InChI is InChI=1S/C19H19NOS2/c1-14-8-10-16(11-9-14)20-12-17(19(22-2)23-13-20)18(21)15-6-4-3-5-7-15/h3-11H,12-13H2,1-2H3. The van der Waals surface area contributed by atoms with Gasteiger partial charge in [0.2, 0.25) is 0 Å². The van der Waals surface area contributed by atoms with Gasteiger partial charge in [-0.3, -0.25) is 4.79 Å². The van der Waals surface area contributed by atoms with E-state index in [1.165, 1.54) is 11.3 Å². The van der Waals surface area contributed by atoms with Crippen molar-refractivity contribution in [2.45, 2.75) is 6.92 Å². The Bertz CT molecular complexity index is 723. The molecule has 0 radical (unpaired) electrons. The van der Waals surface area contributed by atoms with Crippen molar-refractivity contribution in [3.8, 4) is 0 Å². The van der Waals surface area contributed by atoms with Crippen LogP contribution in [0.3, 0.4) is 0 Å². The van der Waals surface area contributed by atoms with Gasteiger partial charge in [-0.2, -0.15) is 0 Å². The van der Waals surface area contributed by atoms with Crippen molar-refractivity contribution in [3.63, 3.8) is 0 Å². The monoisotopic (exact) mass is 341 g/mol. The van der Waals surface area contributed by atoms with Crippen LogP contribution in [0.5, 0.6) is 0 Å². The van der Waals surface area contributed by atoms with E-state index in [0.29, 0.717) is 6.54 Å². The lowest BCUT2D eigenvalue weighted by atomic mass is 10.0. The molecular formula is C19H19NOS2. The third kappa shape index (κ3) is 3.65. The first-order chi connectivity index (χ1) is 11.2. The van der Waals surface area contributed by atoms with E-state index in [2.05, 4.69) is 36.1 Å². The topological polar surface area (TPSA) is 20.3 Å². The molecule has 0 atom stereocenters. The summed E-state index contributed by atoms with van der Waals surface area (Å²) in [6.07, 6.45) is 2.04. The van der Waals surface area contributed by atoms with E-state index in [1.807, 2.05) is 36.6 Å². The van der Waals surface area contributed by atoms with E-state index < -0.39 is 0 Å². The minimum atomic E-state index is 0.138. The molecule has 0 amide bonds. The number of carbonyl (C=O) groups is 1. The molecule has 0 spiro atoms. The lowest BCUT2D eigenvalue weighted by Gasteiger charge is -2.31. The van der Waals surface area contributed by atoms with Gasteiger partial charge in [-0.25, -0.2) is 0 Å². The van der Waals surface area contributed by atoms with Crippen molar-refractivity contribution in [1.29, 1.82) is 0 Å². The van der Waals surface area contributed by atoms with Crippen molar-refractivity contribution in [2.24, 2.45) is 0 Å². The van der Waals surface area contributed by atoms with Crippen molar-refractivity contribution in [1.82, 2.24) is 0 Å². The fourth-order valence-electron chi connectivity index (χ4n) is 2.56. The number of hydrogen-bond donors (Lipinski definition) is 0. The normalized spacial score (nSPS) is 15.0. The molecule has 23 heavy (non-hydrogen) atoms. The highest BCUT2D eigenvalue weighted by atomic mass is 32.2. The largest absolute Gasteiger partial charge is 0.357 e. The van der Waals surface area contributed by atoms with Crippen LogP contribution in [0.2, 0.25) is 0 Å². The van der Waals surface area contributed by atoms with Gasteiger partial charge in [0, 0.05) is 23.4 Å². The quantitative estimate of drug-likeness (QED) is 0.732. The minimum absolute atomic E-state index is 0.138. The summed E-state index contributed by atoms with van der Waals surface area (Å²) >= 11 is 3.42. The molecule has 2 aromatic carbocycles. The Morgan fingerprint density at radius 2 is 1.78 bits per heavy atom. The van der Waals surface area contributed by atoms with Gasteiger partial charge in [-0.15, -0.1) is 11.8 Å².